The van der Waals surface area contributed by atoms with Crippen molar-refractivity contribution in [2.24, 2.45) is 11.3 Å². The predicted octanol–water partition coefficient (Wildman–Crippen LogP) is -0.125. The van der Waals surface area contributed by atoms with Crippen LogP contribution in [0.2, 0.25) is 0 Å². The Labute approximate surface area is 96.0 Å². The zero-order valence-corrected chi connectivity index (χ0v) is 10.4. The molecule has 0 saturated heterocycles. The SMILES string of the molecule is CCC(C)/C(C(=O)[O-])=C(\C(=O)[O-])C(C)(C)C. The molecule has 4 nitrogen and oxygen atoms in total. The normalized spacial score (nSPS) is 15.3. The van der Waals surface area contributed by atoms with Crippen molar-refractivity contribution in [3.8, 4) is 0 Å². The summed E-state index contributed by atoms with van der Waals surface area (Å²) < 4.78 is 0. The van der Waals surface area contributed by atoms with E-state index in [1.165, 1.54) is 0 Å². The van der Waals surface area contributed by atoms with Gasteiger partial charge in [-0.2, -0.15) is 0 Å². The van der Waals surface area contributed by atoms with E-state index in [0.717, 1.165) is 0 Å². The van der Waals surface area contributed by atoms with Crippen LogP contribution in [0.5, 0.6) is 0 Å². The Kier molecular flexibility index (Phi) is 4.72. The molecule has 0 aromatic carbocycles. The fraction of sp³-hybridized carbons (Fsp3) is 0.667. The molecule has 0 bridgehead atoms. The molecule has 0 aliphatic rings. The van der Waals surface area contributed by atoms with Gasteiger partial charge >= 0.3 is 0 Å². The van der Waals surface area contributed by atoms with E-state index in [0.29, 0.717) is 6.42 Å². The Hall–Kier alpha value is -1.32. The van der Waals surface area contributed by atoms with Crippen LogP contribution in [-0.4, -0.2) is 11.9 Å². The summed E-state index contributed by atoms with van der Waals surface area (Å²) in [7, 11) is 0. The van der Waals surface area contributed by atoms with Gasteiger partial charge in [0.05, 0.1) is 11.9 Å². The van der Waals surface area contributed by atoms with E-state index in [-0.39, 0.29) is 17.1 Å². The van der Waals surface area contributed by atoms with Gasteiger partial charge in [-0.3, -0.25) is 0 Å². The average Bonchev–Trinajstić information content (AvgIpc) is 2.09. The molecule has 92 valence electrons. The van der Waals surface area contributed by atoms with E-state index >= 15 is 0 Å². The molecule has 1 atom stereocenters. The lowest BCUT2D eigenvalue weighted by Crippen LogP contribution is -2.38. The maximum absolute atomic E-state index is 11.1. The third-order valence-corrected chi connectivity index (χ3v) is 2.55. The second-order valence-corrected chi connectivity index (χ2v) is 4.92. The smallest absolute Gasteiger partial charge is 0.0683 e. The van der Waals surface area contributed by atoms with Gasteiger partial charge < -0.3 is 19.8 Å². The van der Waals surface area contributed by atoms with E-state index in [1.807, 2.05) is 0 Å². The molecule has 0 spiro atoms. The van der Waals surface area contributed by atoms with E-state index in [4.69, 9.17) is 0 Å². The van der Waals surface area contributed by atoms with Crippen LogP contribution in [0, 0.1) is 11.3 Å². The molecule has 0 aromatic heterocycles. The lowest BCUT2D eigenvalue weighted by atomic mass is 9.79. The topological polar surface area (TPSA) is 80.3 Å². The molecule has 0 N–H and O–H groups in total. The summed E-state index contributed by atoms with van der Waals surface area (Å²) in [5.41, 5.74) is -1.12. The highest BCUT2D eigenvalue weighted by Crippen LogP contribution is 2.31. The number of aliphatic carboxylic acids is 2. The van der Waals surface area contributed by atoms with Gasteiger partial charge in [0.25, 0.3) is 0 Å². The monoisotopic (exact) mass is 226 g/mol. The molecular weight excluding hydrogens is 208 g/mol. The summed E-state index contributed by atoms with van der Waals surface area (Å²) in [6.45, 7) is 8.39. The van der Waals surface area contributed by atoms with Gasteiger partial charge in [0.15, 0.2) is 0 Å². The van der Waals surface area contributed by atoms with Gasteiger partial charge in [-0.05, 0) is 28.9 Å². The zero-order chi connectivity index (χ0) is 13.1. The van der Waals surface area contributed by atoms with Crippen molar-refractivity contribution in [3.05, 3.63) is 11.1 Å². The summed E-state index contributed by atoms with van der Waals surface area (Å²) in [5, 5.41) is 22.1. The molecule has 0 fully saturated rings. The first-order valence-electron chi connectivity index (χ1n) is 5.30. The third kappa shape index (κ3) is 3.36. The summed E-state index contributed by atoms with van der Waals surface area (Å²) in [6.07, 6.45) is 0.538. The largest absolute Gasteiger partial charge is 0.545 e. The van der Waals surface area contributed by atoms with E-state index < -0.39 is 17.4 Å². The zero-order valence-electron chi connectivity index (χ0n) is 10.4. The number of carboxylic acids is 2. The number of carboxylic acid groups (broad SMARTS) is 2. The highest BCUT2D eigenvalue weighted by atomic mass is 16.4. The molecule has 0 heterocycles. The molecular formula is C12H18O4-2. The lowest BCUT2D eigenvalue weighted by molar-refractivity contribution is -0.305. The standard InChI is InChI=1S/C12H20O4/c1-6-7(2)8(10(13)14)9(11(15)16)12(3,4)5/h7H,6H2,1-5H3,(H,13,14)(H,15,16)/p-2/b9-8-. The minimum atomic E-state index is -1.44. The van der Waals surface area contributed by atoms with Gasteiger partial charge in [0.2, 0.25) is 0 Å². The molecule has 0 aromatic rings. The van der Waals surface area contributed by atoms with Crippen molar-refractivity contribution in [2.45, 2.75) is 41.0 Å². The molecule has 0 aliphatic carbocycles. The van der Waals surface area contributed by atoms with Gasteiger partial charge in [-0.15, -0.1) is 0 Å². The van der Waals surface area contributed by atoms with Crippen LogP contribution in [0.3, 0.4) is 0 Å². The third-order valence-electron chi connectivity index (χ3n) is 2.55. The molecule has 1 unspecified atom stereocenters. The number of rotatable bonds is 4. The Morgan fingerprint density at radius 3 is 1.75 bits per heavy atom. The fourth-order valence-electron chi connectivity index (χ4n) is 1.57. The minimum absolute atomic E-state index is 0.157. The van der Waals surface area contributed by atoms with Gasteiger partial charge in [0, 0.05) is 0 Å². The van der Waals surface area contributed by atoms with Crippen LogP contribution in [0.1, 0.15) is 41.0 Å². The van der Waals surface area contributed by atoms with Crippen molar-refractivity contribution in [3.63, 3.8) is 0 Å². The maximum Gasteiger partial charge on any atom is 0.0683 e. The lowest BCUT2D eigenvalue weighted by Gasteiger charge is -2.30. The van der Waals surface area contributed by atoms with Gasteiger partial charge in [0.1, 0.15) is 0 Å². The number of carbonyl (C=O) groups is 2. The number of carbonyl (C=O) groups excluding carboxylic acids is 2. The van der Waals surface area contributed by atoms with E-state index in [2.05, 4.69) is 0 Å². The molecule has 0 amide bonds. The molecule has 16 heavy (non-hydrogen) atoms. The van der Waals surface area contributed by atoms with Crippen molar-refractivity contribution in [2.75, 3.05) is 0 Å². The first-order valence-corrected chi connectivity index (χ1v) is 5.30. The Bertz CT molecular complexity index is 320. The molecule has 0 radical (unpaired) electrons. The molecule has 0 aliphatic heterocycles. The second kappa shape index (κ2) is 5.14. The van der Waals surface area contributed by atoms with Crippen LogP contribution >= 0.6 is 0 Å². The van der Waals surface area contributed by atoms with Crippen LogP contribution in [0.4, 0.5) is 0 Å². The highest BCUT2D eigenvalue weighted by molar-refractivity contribution is 5.98. The summed E-state index contributed by atoms with van der Waals surface area (Å²) in [5.74, 6) is -3.23. The van der Waals surface area contributed by atoms with Gasteiger partial charge in [-0.25, -0.2) is 0 Å². The molecule has 0 saturated carbocycles. The Morgan fingerprint density at radius 2 is 1.56 bits per heavy atom. The predicted molar refractivity (Wildman–Crippen MR) is 56.0 cm³/mol. The molecule has 4 heteroatoms. The van der Waals surface area contributed by atoms with Crippen molar-refractivity contribution in [1.82, 2.24) is 0 Å². The second-order valence-electron chi connectivity index (χ2n) is 4.92. The first kappa shape index (κ1) is 14.7. The van der Waals surface area contributed by atoms with Gasteiger partial charge in [-0.1, -0.05) is 34.6 Å². The maximum atomic E-state index is 11.1. The first-order chi connectivity index (χ1) is 7.12. The average molecular weight is 226 g/mol. The van der Waals surface area contributed by atoms with Crippen molar-refractivity contribution in [1.29, 1.82) is 0 Å². The number of hydrogen-bond donors (Lipinski definition) is 0. The van der Waals surface area contributed by atoms with E-state index in [9.17, 15) is 19.8 Å². The van der Waals surface area contributed by atoms with Crippen LogP contribution in [0.25, 0.3) is 0 Å². The van der Waals surface area contributed by atoms with Crippen LogP contribution in [-0.2, 0) is 9.59 Å². The van der Waals surface area contributed by atoms with Crippen molar-refractivity contribution < 1.29 is 19.8 Å². The van der Waals surface area contributed by atoms with Crippen LogP contribution in [0.15, 0.2) is 11.1 Å². The Morgan fingerprint density at radius 1 is 1.12 bits per heavy atom. The fourth-order valence-corrected chi connectivity index (χ4v) is 1.57. The Balaban J connectivity index is 5.85. The number of hydrogen-bond acceptors (Lipinski definition) is 4. The molecule has 0 rings (SSSR count). The van der Waals surface area contributed by atoms with E-state index in [1.54, 1.807) is 34.6 Å². The summed E-state index contributed by atoms with van der Waals surface area (Å²) in [4.78, 5) is 22.1. The highest BCUT2D eigenvalue weighted by Gasteiger charge is 2.25. The summed E-state index contributed by atoms with van der Waals surface area (Å²) in [6, 6.07) is 0. The van der Waals surface area contributed by atoms with Crippen molar-refractivity contribution >= 4 is 11.9 Å². The van der Waals surface area contributed by atoms with Crippen LogP contribution < -0.4 is 10.2 Å². The quantitative estimate of drug-likeness (QED) is 0.626. The summed E-state index contributed by atoms with van der Waals surface area (Å²) >= 11 is 0. The minimum Gasteiger partial charge on any atom is -0.545 e.